The third-order valence-corrected chi connectivity index (χ3v) is 7.32. The lowest BCUT2D eigenvalue weighted by Gasteiger charge is -2.25. The zero-order valence-electron chi connectivity index (χ0n) is 17.8. The first-order valence-corrected chi connectivity index (χ1v) is 12.6. The van der Waals surface area contributed by atoms with E-state index in [4.69, 9.17) is 18.9 Å². The van der Waals surface area contributed by atoms with Gasteiger partial charge in [0.15, 0.2) is 0 Å². The van der Waals surface area contributed by atoms with Gasteiger partial charge in [-0.25, -0.2) is 0 Å². The minimum atomic E-state index is -4.27. The smallest absolute Gasteiger partial charge is 0.260 e. The molecule has 0 aliphatic heterocycles. The van der Waals surface area contributed by atoms with Crippen LogP contribution in [0.5, 0.6) is 0 Å². The summed E-state index contributed by atoms with van der Waals surface area (Å²) in [6.45, 7) is 3.60. The molecule has 0 spiro atoms. The molecule has 0 heterocycles. The molecule has 0 unspecified atom stereocenters. The molecule has 0 saturated carbocycles. The predicted molar refractivity (Wildman–Crippen MR) is 116 cm³/mol. The van der Waals surface area contributed by atoms with Crippen LogP contribution in [0.1, 0.15) is 36.8 Å². The molecule has 8 nitrogen and oxygen atoms in total. The molecular weight excluding hydrogens is 452 g/mol. The standard InChI is InChI=1S/C22H24N2O6S2/c1-17-7-11-19(12-8-17)31(25,26)29-21(5-3-15-23)22(6-4-16-24)30-32(27,28)20-13-9-18(2)10-14-20/h7-14,21-22H,3-6H2,1-2H3/t21-,22-/m0/s1. The fourth-order valence-electron chi connectivity index (χ4n) is 2.85. The molecule has 0 aromatic heterocycles. The van der Waals surface area contributed by atoms with Crippen LogP contribution in [-0.4, -0.2) is 29.0 Å². The molecular formula is C22H24N2O6S2. The van der Waals surface area contributed by atoms with Gasteiger partial charge in [-0.1, -0.05) is 35.4 Å². The van der Waals surface area contributed by atoms with Gasteiger partial charge in [0.1, 0.15) is 12.2 Å². The highest BCUT2D eigenvalue weighted by atomic mass is 32.2. The van der Waals surface area contributed by atoms with Gasteiger partial charge in [-0.15, -0.1) is 0 Å². The maximum Gasteiger partial charge on any atom is 0.297 e. The lowest BCUT2D eigenvalue weighted by Crippen LogP contribution is -2.35. The van der Waals surface area contributed by atoms with Crippen molar-refractivity contribution in [1.29, 1.82) is 10.5 Å². The molecule has 0 fully saturated rings. The van der Waals surface area contributed by atoms with Crippen molar-refractivity contribution >= 4 is 20.2 Å². The van der Waals surface area contributed by atoms with E-state index in [2.05, 4.69) is 0 Å². The van der Waals surface area contributed by atoms with Gasteiger partial charge in [-0.2, -0.15) is 27.4 Å². The van der Waals surface area contributed by atoms with Gasteiger partial charge >= 0.3 is 0 Å². The summed E-state index contributed by atoms with van der Waals surface area (Å²) in [7, 11) is -8.54. The molecule has 2 atom stereocenters. The molecule has 0 saturated heterocycles. The minimum Gasteiger partial charge on any atom is -0.260 e. The number of nitrogens with zero attached hydrogens (tertiary/aromatic N) is 2. The third kappa shape index (κ3) is 7.14. The van der Waals surface area contributed by atoms with E-state index in [1.807, 2.05) is 12.1 Å². The van der Waals surface area contributed by atoms with Crippen molar-refractivity contribution in [2.75, 3.05) is 0 Å². The maximum atomic E-state index is 12.8. The van der Waals surface area contributed by atoms with Gasteiger partial charge in [0, 0.05) is 12.8 Å². The fourth-order valence-corrected chi connectivity index (χ4v) is 5.10. The summed E-state index contributed by atoms with van der Waals surface area (Å²) in [4.78, 5) is -0.212. The number of rotatable bonds is 11. The Morgan fingerprint density at radius 2 is 1.00 bits per heavy atom. The molecule has 0 N–H and O–H groups in total. The Hall–Kier alpha value is -2.76. The van der Waals surface area contributed by atoms with E-state index >= 15 is 0 Å². The lowest BCUT2D eigenvalue weighted by atomic mass is 10.1. The fraction of sp³-hybridized carbons (Fsp3) is 0.364. The van der Waals surface area contributed by atoms with E-state index in [0.29, 0.717) is 0 Å². The van der Waals surface area contributed by atoms with Crippen molar-refractivity contribution in [3.05, 3.63) is 59.7 Å². The summed E-state index contributed by atoms with van der Waals surface area (Å²) in [6.07, 6.45) is -2.94. The quantitative estimate of drug-likeness (QED) is 0.447. The van der Waals surface area contributed by atoms with Gasteiger partial charge in [0.05, 0.1) is 21.9 Å². The highest BCUT2D eigenvalue weighted by Crippen LogP contribution is 2.26. The molecule has 2 aromatic carbocycles. The van der Waals surface area contributed by atoms with Crippen LogP contribution in [0.3, 0.4) is 0 Å². The SMILES string of the molecule is Cc1ccc(S(=O)(=O)O[C@@H](CCC#N)[C@H](CCC#N)OS(=O)(=O)c2ccc(C)cc2)cc1. The zero-order valence-corrected chi connectivity index (χ0v) is 19.4. The van der Waals surface area contributed by atoms with Crippen LogP contribution in [0.4, 0.5) is 0 Å². The summed E-state index contributed by atoms with van der Waals surface area (Å²) < 4.78 is 61.9. The second-order valence-corrected chi connectivity index (χ2v) is 10.3. The van der Waals surface area contributed by atoms with Crippen molar-refractivity contribution in [2.45, 2.75) is 61.5 Å². The van der Waals surface area contributed by atoms with Gasteiger partial charge in [0.2, 0.25) is 0 Å². The van der Waals surface area contributed by atoms with Gasteiger partial charge in [0.25, 0.3) is 20.2 Å². The number of aryl methyl sites for hydroxylation is 2. The number of nitriles is 2. The molecule has 0 aliphatic rings. The molecule has 10 heteroatoms. The summed E-state index contributed by atoms with van der Waals surface area (Å²) in [5.41, 5.74) is 1.70. The topological polar surface area (TPSA) is 134 Å². The zero-order chi connectivity index (χ0) is 23.8. The van der Waals surface area contributed by atoms with Gasteiger partial charge in [-0.3, -0.25) is 8.37 Å². The normalized spacial score (nSPS) is 13.6. The monoisotopic (exact) mass is 476 g/mol. The lowest BCUT2D eigenvalue weighted by molar-refractivity contribution is 0.0532. The van der Waals surface area contributed by atoms with Crippen LogP contribution in [0, 0.1) is 36.5 Å². The molecule has 0 amide bonds. The van der Waals surface area contributed by atoms with E-state index in [1.54, 1.807) is 38.1 Å². The van der Waals surface area contributed by atoms with Gasteiger partial charge in [-0.05, 0) is 51.0 Å². The Morgan fingerprint density at radius 3 is 1.28 bits per heavy atom. The van der Waals surface area contributed by atoms with Crippen LogP contribution >= 0.6 is 0 Å². The largest absolute Gasteiger partial charge is 0.297 e. The highest BCUT2D eigenvalue weighted by molar-refractivity contribution is 7.87. The summed E-state index contributed by atoms with van der Waals surface area (Å²) >= 11 is 0. The van der Waals surface area contributed by atoms with Crippen molar-refractivity contribution in [3.8, 4) is 12.1 Å². The van der Waals surface area contributed by atoms with E-state index in [9.17, 15) is 16.8 Å². The summed E-state index contributed by atoms with van der Waals surface area (Å²) in [6, 6.07) is 15.7. The number of hydrogen-bond donors (Lipinski definition) is 0. The molecule has 2 aromatic rings. The first-order valence-electron chi connectivity index (χ1n) is 9.83. The molecule has 0 radical (unpaired) electrons. The second-order valence-electron chi connectivity index (χ2n) is 7.20. The number of benzene rings is 2. The summed E-state index contributed by atoms with van der Waals surface area (Å²) in [5.74, 6) is 0. The molecule has 0 aliphatic carbocycles. The maximum absolute atomic E-state index is 12.8. The average Bonchev–Trinajstić information content (AvgIpc) is 2.74. The van der Waals surface area contributed by atoms with Crippen molar-refractivity contribution in [1.82, 2.24) is 0 Å². The van der Waals surface area contributed by atoms with Crippen LogP contribution < -0.4 is 0 Å². The molecule has 170 valence electrons. The number of hydrogen-bond acceptors (Lipinski definition) is 8. The minimum absolute atomic E-state index is 0.0922. The van der Waals surface area contributed by atoms with Crippen molar-refractivity contribution in [2.24, 2.45) is 0 Å². The van der Waals surface area contributed by atoms with Gasteiger partial charge < -0.3 is 0 Å². The Bertz CT molecular complexity index is 1100. The van der Waals surface area contributed by atoms with Crippen LogP contribution in [-0.2, 0) is 28.6 Å². The Labute approximate surface area is 189 Å². The Morgan fingerprint density at radius 1 is 0.688 bits per heavy atom. The van der Waals surface area contributed by atoms with Crippen molar-refractivity contribution in [3.63, 3.8) is 0 Å². The van der Waals surface area contributed by atoms with Crippen LogP contribution in [0.25, 0.3) is 0 Å². The van der Waals surface area contributed by atoms with Crippen LogP contribution in [0.2, 0.25) is 0 Å². The Kier molecular flexibility index (Phi) is 8.93. The second kappa shape index (κ2) is 11.2. The first kappa shape index (κ1) is 25.5. The third-order valence-electron chi connectivity index (χ3n) is 4.62. The first-order chi connectivity index (χ1) is 15.1. The van der Waals surface area contributed by atoms with Crippen LogP contribution in [0.15, 0.2) is 58.3 Å². The molecule has 0 bridgehead atoms. The van der Waals surface area contributed by atoms with E-state index in [-0.39, 0.29) is 35.5 Å². The van der Waals surface area contributed by atoms with Crippen molar-refractivity contribution < 1.29 is 25.2 Å². The molecule has 32 heavy (non-hydrogen) atoms. The van der Waals surface area contributed by atoms with E-state index in [1.165, 1.54) is 24.3 Å². The van der Waals surface area contributed by atoms with E-state index in [0.717, 1.165) is 11.1 Å². The Balaban J connectivity index is 2.37. The highest BCUT2D eigenvalue weighted by Gasteiger charge is 2.33. The predicted octanol–water partition coefficient (Wildman–Crippen LogP) is 3.76. The molecule has 2 rings (SSSR count). The average molecular weight is 477 g/mol. The summed E-state index contributed by atoms with van der Waals surface area (Å²) in [5, 5.41) is 18.0. The van der Waals surface area contributed by atoms with E-state index < -0.39 is 32.4 Å².